The molecule has 6 nitrogen and oxygen atoms in total. The van der Waals surface area contributed by atoms with E-state index < -0.39 is 5.60 Å². The molecule has 3 N–H and O–H groups in total. The predicted molar refractivity (Wildman–Crippen MR) is 118 cm³/mol. The molecule has 0 radical (unpaired) electrons. The van der Waals surface area contributed by atoms with Gasteiger partial charge in [-0.25, -0.2) is 9.78 Å². The van der Waals surface area contributed by atoms with Gasteiger partial charge in [0.25, 0.3) is 0 Å². The van der Waals surface area contributed by atoms with E-state index in [2.05, 4.69) is 46.7 Å². The number of carbonyl (C=O) groups is 1. The van der Waals surface area contributed by atoms with Gasteiger partial charge in [0.15, 0.2) is 5.13 Å². The lowest BCUT2D eigenvalue weighted by Crippen LogP contribution is -2.50. The average molecular weight is 411 g/mol. The van der Waals surface area contributed by atoms with E-state index >= 15 is 0 Å². The smallest absolute Gasteiger partial charge is 0.410 e. The van der Waals surface area contributed by atoms with E-state index in [4.69, 9.17) is 10.5 Å². The minimum absolute atomic E-state index is 0.0450. The van der Waals surface area contributed by atoms with Crippen molar-refractivity contribution in [2.45, 2.75) is 32.4 Å². The van der Waals surface area contributed by atoms with Gasteiger partial charge in [0.2, 0.25) is 0 Å². The lowest BCUT2D eigenvalue weighted by molar-refractivity contribution is 0.0118. The average Bonchev–Trinajstić information content (AvgIpc) is 3.06. The molecular formula is C22H26N4O2S. The van der Waals surface area contributed by atoms with E-state index in [1.807, 2.05) is 31.7 Å². The predicted octanol–water partition coefficient (Wildman–Crippen LogP) is 4.43. The molecule has 1 unspecified atom stereocenters. The molecule has 1 amide bonds. The number of hydrogen-bond acceptors (Lipinski definition) is 6. The van der Waals surface area contributed by atoms with Crippen molar-refractivity contribution in [3.05, 3.63) is 48.0 Å². The van der Waals surface area contributed by atoms with Gasteiger partial charge in [-0.15, -0.1) is 0 Å². The quantitative estimate of drug-likeness (QED) is 0.653. The van der Waals surface area contributed by atoms with Crippen molar-refractivity contribution in [2.75, 3.05) is 25.4 Å². The maximum absolute atomic E-state index is 12.7. The minimum Gasteiger partial charge on any atom is -0.444 e. The fourth-order valence-electron chi connectivity index (χ4n) is 3.56. The summed E-state index contributed by atoms with van der Waals surface area (Å²) in [5.41, 5.74) is 9.57. The Morgan fingerprint density at radius 2 is 1.93 bits per heavy atom. The zero-order valence-corrected chi connectivity index (χ0v) is 17.8. The third-order valence-corrected chi connectivity index (χ3v) is 5.75. The molecule has 29 heavy (non-hydrogen) atoms. The molecule has 2 aromatic carbocycles. The molecule has 4 rings (SSSR count). The monoisotopic (exact) mass is 410 g/mol. The highest BCUT2D eigenvalue weighted by Gasteiger charge is 2.31. The highest BCUT2D eigenvalue weighted by Crippen LogP contribution is 2.31. The number of piperazine rings is 1. The van der Waals surface area contributed by atoms with Gasteiger partial charge in [0.1, 0.15) is 5.60 Å². The first-order valence-electron chi connectivity index (χ1n) is 9.77. The molecule has 1 saturated heterocycles. The minimum atomic E-state index is -0.505. The lowest BCUT2D eigenvalue weighted by atomic mass is 9.99. The summed E-state index contributed by atoms with van der Waals surface area (Å²) >= 11 is 1.50. The Kier molecular flexibility index (Phi) is 5.19. The van der Waals surface area contributed by atoms with E-state index in [0.717, 1.165) is 33.5 Å². The van der Waals surface area contributed by atoms with Gasteiger partial charge < -0.3 is 15.8 Å². The van der Waals surface area contributed by atoms with Crippen LogP contribution in [0, 0.1) is 0 Å². The number of hydrogen-bond donors (Lipinski definition) is 2. The van der Waals surface area contributed by atoms with Crippen LogP contribution in [0.5, 0.6) is 0 Å². The molecule has 0 bridgehead atoms. The second-order valence-corrected chi connectivity index (χ2v) is 9.31. The number of rotatable bonds is 2. The number of nitrogens with two attached hydrogens (primary N) is 1. The maximum Gasteiger partial charge on any atom is 0.410 e. The number of aromatic nitrogens is 1. The Morgan fingerprint density at radius 1 is 1.21 bits per heavy atom. The summed E-state index contributed by atoms with van der Waals surface area (Å²) in [6, 6.07) is 14.5. The van der Waals surface area contributed by atoms with E-state index in [1.54, 1.807) is 0 Å². The van der Waals surface area contributed by atoms with Crippen LogP contribution in [0.4, 0.5) is 9.93 Å². The summed E-state index contributed by atoms with van der Waals surface area (Å²) in [7, 11) is 0. The molecule has 1 aliphatic heterocycles. The van der Waals surface area contributed by atoms with E-state index in [9.17, 15) is 4.79 Å². The van der Waals surface area contributed by atoms with E-state index in [1.165, 1.54) is 11.3 Å². The SMILES string of the molecule is CC(C)(C)OC(=O)N1CCNCC1c1ccc(-c2ccc3nc(N)sc3c2)cc1. The molecule has 1 atom stereocenters. The molecule has 7 heteroatoms. The fourth-order valence-corrected chi connectivity index (χ4v) is 4.33. The molecule has 152 valence electrons. The summed E-state index contributed by atoms with van der Waals surface area (Å²) in [5, 5.41) is 3.97. The van der Waals surface area contributed by atoms with E-state index in [-0.39, 0.29) is 12.1 Å². The van der Waals surface area contributed by atoms with Crippen molar-refractivity contribution < 1.29 is 9.53 Å². The first-order chi connectivity index (χ1) is 13.8. The second kappa shape index (κ2) is 7.65. The number of nitrogens with one attached hydrogen (secondary N) is 1. The number of carbonyl (C=O) groups excluding carboxylic acids is 1. The normalized spacial score (nSPS) is 17.5. The van der Waals surface area contributed by atoms with Crippen LogP contribution in [0.3, 0.4) is 0 Å². The highest BCUT2D eigenvalue weighted by atomic mass is 32.1. The Hall–Kier alpha value is -2.64. The molecule has 0 saturated carbocycles. The van der Waals surface area contributed by atoms with Gasteiger partial charge in [0.05, 0.1) is 16.3 Å². The lowest BCUT2D eigenvalue weighted by Gasteiger charge is -2.37. The van der Waals surface area contributed by atoms with Crippen molar-refractivity contribution >= 4 is 32.8 Å². The van der Waals surface area contributed by atoms with Gasteiger partial charge in [-0.3, -0.25) is 4.90 Å². The maximum atomic E-state index is 12.7. The number of anilines is 1. The van der Waals surface area contributed by atoms with Crippen molar-refractivity contribution in [1.82, 2.24) is 15.2 Å². The zero-order valence-electron chi connectivity index (χ0n) is 16.9. The number of benzene rings is 2. The fraction of sp³-hybridized carbons (Fsp3) is 0.364. The van der Waals surface area contributed by atoms with Crippen LogP contribution < -0.4 is 11.1 Å². The molecule has 0 aliphatic carbocycles. The van der Waals surface area contributed by atoms with Gasteiger partial charge in [-0.1, -0.05) is 41.7 Å². The van der Waals surface area contributed by atoms with Crippen molar-refractivity contribution in [2.24, 2.45) is 0 Å². The first kappa shape index (κ1) is 19.7. The third kappa shape index (κ3) is 4.36. The molecule has 2 heterocycles. The number of thiazole rings is 1. The van der Waals surface area contributed by atoms with Crippen molar-refractivity contribution in [1.29, 1.82) is 0 Å². The Labute approximate surface area is 174 Å². The topological polar surface area (TPSA) is 80.5 Å². The number of amides is 1. The highest BCUT2D eigenvalue weighted by molar-refractivity contribution is 7.22. The number of nitrogens with zero attached hydrogens (tertiary/aromatic N) is 2. The first-order valence-corrected chi connectivity index (χ1v) is 10.6. The number of nitrogen functional groups attached to an aromatic ring is 1. The molecule has 0 spiro atoms. The molecule has 1 fully saturated rings. The van der Waals surface area contributed by atoms with Crippen LogP contribution in [0.15, 0.2) is 42.5 Å². The molecular weight excluding hydrogens is 384 g/mol. The van der Waals surface area contributed by atoms with Gasteiger partial charge in [-0.05, 0) is 49.6 Å². The Morgan fingerprint density at radius 3 is 2.66 bits per heavy atom. The Bertz CT molecular complexity index is 1020. The number of ether oxygens (including phenoxy) is 1. The summed E-state index contributed by atoms with van der Waals surface area (Å²) in [6.45, 7) is 7.79. The van der Waals surface area contributed by atoms with E-state index in [0.29, 0.717) is 18.2 Å². The van der Waals surface area contributed by atoms with Crippen LogP contribution in [0.25, 0.3) is 21.3 Å². The second-order valence-electron chi connectivity index (χ2n) is 8.25. The summed E-state index contributed by atoms with van der Waals surface area (Å²) in [6.07, 6.45) is -0.263. The molecule has 3 aromatic rings. The van der Waals surface area contributed by atoms with Gasteiger partial charge >= 0.3 is 6.09 Å². The van der Waals surface area contributed by atoms with Gasteiger partial charge in [0, 0.05) is 19.6 Å². The molecule has 1 aliphatic rings. The van der Waals surface area contributed by atoms with Crippen molar-refractivity contribution in [3.8, 4) is 11.1 Å². The summed E-state index contributed by atoms with van der Waals surface area (Å²) < 4.78 is 6.69. The summed E-state index contributed by atoms with van der Waals surface area (Å²) in [4.78, 5) is 18.8. The van der Waals surface area contributed by atoms with Crippen LogP contribution in [0.2, 0.25) is 0 Å². The largest absolute Gasteiger partial charge is 0.444 e. The van der Waals surface area contributed by atoms with Crippen LogP contribution >= 0.6 is 11.3 Å². The molecule has 1 aromatic heterocycles. The standard InChI is InChI=1S/C22H26N4O2S/c1-22(2,3)28-21(27)26-11-10-24-13-18(26)15-6-4-14(5-7-15)16-8-9-17-19(12-16)29-20(23)25-17/h4-9,12,18,24H,10-11,13H2,1-3H3,(H2,23,25). The zero-order chi connectivity index (χ0) is 20.6. The number of fused-ring (bicyclic) bond motifs is 1. The van der Waals surface area contributed by atoms with Gasteiger partial charge in [-0.2, -0.15) is 0 Å². The third-order valence-electron chi connectivity index (χ3n) is 4.91. The van der Waals surface area contributed by atoms with Crippen molar-refractivity contribution in [3.63, 3.8) is 0 Å². The van der Waals surface area contributed by atoms with Crippen LogP contribution in [-0.2, 0) is 4.74 Å². The Balaban J connectivity index is 1.57. The summed E-state index contributed by atoms with van der Waals surface area (Å²) in [5.74, 6) is 0. The van der Waals surface area contributed by atoms with Crippen LogP contribution in [0.1, 0.15) is 32.4 Å². The van der Waals surface area contributed by atoms with Crippen LogP contribution in [-0.4, -0.2) is 41.2 Å².